The van der Waals surface area contributed by atoms with Crippen LogP contribution in [0.1, 0.15) is 64.2 Å². The second-order valence-electron chi connectivity index (χ2n) is 4.18. The predicted octanol–water partition coefficient (Wildman–Crippen LogP) is 5.07. The van der Waals surface area contributed by atoms with Crippen molar-refractivity contribution in [2.45, 2.75) is 68.5 Å². The highest BCUT2D eigenvalue weighted by Crippen LogP contribution is 2.34. The van der Waals surface area contributed by atoms with Crippen molar-refractivity contribution in [1.29, 1.82) is 0 Å². The van der Waals surface area contributed by atoms with E-state index >= 15 is 0 Å². The molecule has 0 bridgehead atoms. The topological polar surface area (TPSA) is 0 Å². The Morgan fingerprint density at radius 1 is 0.538 bits per heavy atom. The molecule has 0 spiro atoms. The Hall–Kier alpha value is 0.580. The van der Waals surface area contributed by atoms with Crippen LogP contribution in [0.3, 0.4) is 0 Å². The van der Waals surface area contributed by atoms with Crippen molar-refractivity contribution in [3.63, 3.8) is 0 Å². The standard InChI is InChI=1S/C11H20Cl2/c12-11(13)9-7-5-3-1-2-4-6-8-10-11/h1-10H2. The van der Waals surface area contributed by atoms with Crippen molar-refractivity contribution >= 4 is 23.2 Å². The number of hydrogen-bond donors (Lipinski definition) is 0. The highest BCUT2D eigenvalue weighted by molar-refractivity contribution is 6.48. The summed E-state index contributed by atoms with van der Waals surface area (Å²) in [5.74, 6) is 0. The van der Waals surface area contributed by atoms with Gasteiger partial charge >= 0.3 is 0 Å². The first-order valence-corrected chi connectivity index (χ1v) is 6.34. The molecule has 78 valence electrons. The Morgan fingerprint density at radius 2 is 0.846 bits per heavy atom. The quantitative estimate of drug-likeness (QED) is 0.502. The second kappa shape index (κ2) is 6.14. The van der Waals surface area contributed by atoms with Crippen molar-refractivity contribution in [2.24, 2.45) is 0 Å². The van der Waals surface area contributed by atoms with Gasteiger partial charge in [-0.15, -0.1) is 23.2 Å². The van der Waals surface area contributed by atoms with Crippen molar-refractivity contribution < 1.29 is 0 Å². The van der Waals surface area contributed by atoms with Gasteiger partial charge in [0.2, 0.25) is 0 Å². The molecule has 1 aliphatic rings. The molecule has 0 nitrogen and oxygen atoms in total. The lowest BCUT2D eigenvalue weighted by Crippen LogP contribution is -2.12. The van der Waals surface area contributed by atoms with E-state index in [-0.39, 0.29) is 0 Å². The first-order valence-electron chi connectivity index (χ1n) is 5.59. The highest BCUT2D eigenvalue weighted by atomic mass is 35.5. The molecule has 13 heavy (non-hydrogen) atoms. The minimum Gasteiger partial charge on any atom is -0.102 e. The predicted molar refractivity (Wildman–Crippen MR) is 60.6 cm³/mol. The summed E-state index contributed by atoms with van der Waals surface area (Å²) in [6, 6.07) is 0. The van der Waals surface area contributed by atoms with Crippen LogP contribution in [0.25, 0.3) is 0 Å². The lowest BCUT2D eigenvalue weighted by Gasteiger charge is -2.18. The Balaban J connectivity index is 2.27. The second-order valence-corrected chi connectivity index (χ2v) is 5.82. The fourth-order valence-electron chi connectivity index (χ4n) is 1.95. The molecule has 0 heterocycles. The van der Waals surface area contributed by atoms with E-state index in [0.717, 1.165) is 12.8 Å². The van der Waals surface area contributed by atoms with Crippen LogP contribution in [0.5, 0.6) is 0 Å². The minimum absolute atomic E-state index is 0.426. The summed E-state index contributed by atoms with van der Waals surface area (Å²) in [5, 5.41) is 0. The number of hydrogen-bond acceptors (Lipinski definition) is 0. The molecule has 0 amide bonds. The zero-order valence-corrected chi connectivity index (χ0v) is 9.84. The zero-order chi connectivity index (χ0) is 9.57. The summed E-state index contributed by atoms with van der Waals surface area (Å²) in [5.41, 5.74) is 0. The minimum atomic E-state index is -0.426. The molecule has 1 fully saturated rings. The molecular weight excluding hydrogens is 203 g/mol. The van der Waals surface area contributed by atoms with Gasteiger partial charge in [-0.1, -0.05) is 51.4 Å². The van der Waals surface area contributed by atoms with Gasteiger partial charge in [-0.05, 0) is 12.8 Å². The molecule has 1 aliphatic carbocycles. The van der Waals surface area contributed by atoms with Gasteiger partial charge in [0, 0.05) is 0 Å². The normalized spacial score (nSPS) is 26.3. The fourth-order valence-corrected chi connectivity index (χ4v) is 2.49. The van der Waals surface area contributed by atoms with E-state index in [2.05, 4.69) is 0 Å². The van der Waals surface area contributed by atoms with Crippen molar-refractivity contribution in [3.8, 4) is 0 Å². The first kappa shape index (κ1) is 11.7. The van der Waals surface area contributed by atoms with Crippen LogP contribution in [0, 0.1) is 0 Å². The van der Waals surface area contributed by atoms with Gasteiger partial charge in [-0.25, -0.2) is 0 Å². The molecule has 1 rings (SSSR count). The van der Waals surface area contributed by atoms with Crippen molar-refractivity contribution in [2.75, 3.05) is 0 Å². The monoisotopic (exact) mass is 222 g/mol. The maximum atomic E-state index is 6.19. The van der Waals surface area contributed by atoms with Gasteiger partial charge in [0.05, 0.1) is 0 Å². The van der Waals surface area contributed by atoms with Crippen LogP contribution in [0.2, 0.25) is 0 Å². The highest BCUT2D eigenvalue weighted by Gasteiger charge is 2.22. The summed E-state index contributed by atoms with van der Waals surface area (Å²) < 4.78 is -0.426. The number of halogens is 2. The van der Waals surface area contributed by atoms with Gasteiger partial charge in [-0.3, -0.25) is 0 Å². The molecule has 0 aromatic heterocycles. The molecule has 0 N–H and O–H groups in total. The average Bonchev–Trinajstić information content (AvgIpc) is 2.10. The molecule has 0 unspecified atom stereocenters. The van der Waals surface area contributed by atoms with Crippen molar-refractivity contribution in [3.05, 3.63) is 0 Å². The summed E-state index contributed by atoms with van der Waals surface area (Å²) in [6.07, 6.45) is 12.5. The average molecular weight is 223 g/mol. The van der Waals surface area contributed by atoms with Crippen LogP contribution in [-0.4, -0.2) is 4.33 Å². The van der Waals surface area contributed by atoms with Crippen LogP contribution < -0.4 is 0 Å². The van der Waals surface area contributed by atoms with Gasteiger partial charge in [-0.2, -0.15) is 0 Å². The smallest absolute Gasteiger partial charge is 0.102 e. The molecule has 0 aliphatic heterocycles. The van der Waals surface area contributed by atoms with E-state index in [0.29, 0.717) is 0 Å². The lowest BCUT2D eigenvalue weighted by molar-refractivity contribution is 0.556. The third-order valence-electron chi connectivity index (χ3n) is 2.84. The Bertz CT molecular complexity index is 118. The van der Waals surface area contributed by atoms with Gasteiger partial charge in [0.15, 0.2) is 0 Å². The van der Waals surface area contributed by atoms with E-state index in [9.17, 15) is 0 Å². The zero-order valence-electron chi connectivity index (χ0n) is 8.33. The largest absolute Gasteiger partial charge is 0.118 e. The summed E-state index contributed by atoms with van der Waals surface area (Å²) in [4.78, 5) is 0. The summed E-state index contributed by atoms with van der Waals surface area (Å²) in [6.45, 7) is 0. The van der Waals surface area contributed by atoms with E-state index in [4.69, 9.17) is 23.2 Å². The maximum Gasteiger partial charge on any atom is 0.118 e. The molecule has 0 aromatic carbocycles. The molecule has 1 saturated carbocycles. The Kier molecular flexibility index (Phi) is 5.50. The molecule has 0 saturated heterocycles. The molecular formula is C11H20Cl2. The third kappa shape index (κ3) is 5.80. The van der Waals surface area contributed by atoms with E-state index in [1.165, 1.54) is 51.4 Å². The van der Waals surface area contributed by atoms with Crippen LogP contribution in [-0.2, 0) is 0 Å². The Morgan fingerprint density at radius 3 is 1.23 bits per heavy atom. The first-order chi connectivity index (χ1) is 6.21. The van der Waals surface area contributed by atoms with E-state index < -0.39 is 4.33 Å². The van der Waals surface area contributed by atoms with Crippen LogP contribution in [0.4, 0.5) is 0 Å². The molecule has 0 atom stereocenters. The van der Waals surface area contributed by atoms with E-state index in [1.807, 2.05) is 0 Å². The molecule has 2 heteroatoms. The van der Waals surface area contributed by atoms with E-state index in [1.54, 1.807) is 0 Å². The maximum absolute atomic E-state index is 6.19. The fraction of sp³-hybridized carbons (Fsp3) is 1.00. The molecule has 0 aromatic rings. The summed E-state index contributed by atoms with van der Waals surface area (Å²) in [7, 11) is 0. The van der Waals surface area contributed by atoms with Gasteiger partial charge in [0.1, 0.15) is 4.33 Å². The number of alkyl halides is 2. The van der Waals surface area contributed by atoms with Gasteiger partial charge < -0.3 is 0 Å². The van der Waals surface area contributed by atoms with Crippen LogP contribution >= 0.6 is 23.2 Å². The van der Waals surface area contributed by atoms with Crippen molar-refractivity contribution in [1.82, 2.24) is 0 Å². The number of rotatable bonds is 0. The van der Waals surface area contributed by atoms with Crippen LogP contribution in [0.15, 0.2) is 0 Å². The molecule has 0 radical (unpaired) electrons. The SMILES string of the molecule is ClC1(Cl)CCCCCCCCCC1. The third-order valence-corrected chi connectivity index (χ3v) is 3.59. The summed E-state index contributed by atoms with van der Waals surface area (Å²) >= 11 is 12.4. The van der Waals surface area contributed by atoms with Gasteiger partial charge in [0.25, 0.3) is 0 Å². The lowest BCUT2D eigenvalue weighted by atomic mass is 10.1. The Labute approximate surface area is 92.0 Å².